The van der Waals surface area contributed by atoms with E-state index in [-0.39, 0.29) is 4.90 Å². The third-order valence-corrected chi connectivity index (χ3v) is 5.91. The maximum absolute atomic E-state index is 12.9. The molecule has 0 aromatic heterocycles. The van der Waals surface area contributed by atoms with E-state index in [1.54, 1.807) is 18.2 Å². The Bertz CT molecular complexity index is 812. The van der Waals surface area contributed by atoms with Gasteiger partial charge in [0.1, 0.15) is 5.75 Å². The van der Waals surface area contributed by atoms with Crippen molar-refractivity contribution >= 4 is 31.6 Å². The maximum Gasteiger partial charge on any atom is 0.262 e. The molecule has 2 aromatic carbocycles. The number of hydrogen-bond acceptors (Lipinski definition) is 3. The van der Waals surface area contributed by atoms with E-state index in [0.717, 1.165) is 34.9 Å². The van der Waals surface area contributed by atoms with Crippen LogP contribution in [0.3, 0.4) is 0 Å². The highest BCUT2D eigenvalue weighted by molar-refractivity contribution is 9.10. The maximum atomic E-state index is 12.9. The van der Waals surface area contributed by atoms with Gasteiger partial charge in [-0.3, -0.25) is 4.72 Å². The first-order valence-electron chi connectivity index (χ1n) is 8.48. The minimum Gasteiger partial charge on any atom is -0.492 e. The summed E-state index contributed by atoms with van der Waals surface area (Å²) in [6.45, 7) is 6.57. The van der Waals surface area contributed by atoms with Crippen LogP contribution >= 0.6 is 15.9 Å². The number of para-hydroxylation sites is 1. The molecule has 1 N–H and O–H groups in total. The Labute approximate surface area is 158 Å². The fourth-order valence-electron chi connectivity index (χ4n) is 2.54. The van der Waals surface area contributed by atoms with Crippen molar-refractivity contribution in [2.24, 2.45) is 0 Å². The second-order valence-electron chi connectivity index (χ2n) is 5.70. The molecular weight excluding hydrogens is 402 g/mol. The number of ether oxygens (including phenoxy) is 1. The Morgan fingerprint density at radius 3 is 2.24 bits per heavy atom. The molecule has 25 heavy (non-hydrogen) atoms. The van der Waals surface area contributed by atoms with Gasteiger partial charge in [0.15, 0.2) is 0 Å². The number of benzene rings is 2. The molecule has 2 rings (SSSR count). The number of rotatable bonds is 8. The average molecular weight is 426 g/mol. The summed E-state index contributed by atoms with van der Waals surface area (Å²) >= 11 is 3.40. The fraction of sp³-hybridized carbons (Fsp3) is 0.368. The van der Waals surface area contributed by atoms with E-state index in [4.69, 9.17) is 4.74 Å². The highest BCUT2D eigenvalue weighted by Crippen LogP contribution is 2.30. The number of hydrogen-bond donors (Lipinski definition) is 1. The van der Waals surface area contributed by atoms with Crippen molar-refractivity contribution in [1.82, 2.24) is 0 Å². The summed E-state index contributed by atoms with van der Waals surface area (Å²) in [4.78, 5) is 0.190. The lowest BCUT2D eigenvalue weighted by Gasteiger charge is -2.16. The lowest BCUT2D eigenvalue weighted by Crippen LogP contribution is -2.16. The molecule has 0 aliphatic carbocycles. The zero-order valence-electron chi connectivity index (χ0n) is 14.8. The lowest BCUT2D eigenvalue weighted by atomic mass is 10.0. The minimum atomic E-state index is -3.69. The highest BCUT2D eigenvalue weighted by atomic mass is 79.9. The van der Waals surface area contributed by atoms with E-state index < -0.39 is 10.0 Å². The number of anilines is 1. The van der Waals surface area contributed by atoms with Crippen LogP contribution < -0.4 is 9.46 Å². The van der Waals surface area contributed by atoms with Crippen molar-refractivity contribution in [3.8, 4) is 5.75 Å². The topological polar surface area (TPSA) is 55.4 Å². The molecule has 4 nitrogen and oxygen atoms in total. The SMILES string of the molecule is CCCOc1cc(S(=O)(=O)Nc2c(CC)cccc2CC)ccc1Br. The van der Waals surface area contributed by atoms with Gasteiger partial charge in [0.25, 0.3) is 10.0 Å². The summed E-state index contributed by atoms with van der Waals surface area (Å²) in [7, 11) is -3.69. The van der Waals surface area contributed by atoms with Crippen LogP contribution in [-0.4, -0.2) is 15.0 Å². The van der Waals surface area contributed by atoms with E-state index >= 15 is 0 Å². The van der Waals surface area contributed by atoms with Crippen LogP contribution in [0.25, 0.3) is 0 Å². The van der Waals surface area contributed by atoms with Crippen LogP contribution in [-0.2, 0) is 22.9 Å². The molecule has 0 aliphatic rings. The molecule has 0 spiro atoms. The van der Waals surface area contributed by atoms with Gasteiger partial charge >= 0.3 is 0 Å². The molecule has 136 valence electrons. The number of halogens is 1. The predicted molar refractivity (Wildman–Crippen MR) is 106 cm³/mol. The van der Waals surface area contributed by atoms with E-state index in [0.29, 0.717) is 18.0 Å². The highest BCUT2D eigenvalue weighted by Gasteiger charge is 2.19. The summed E-state index contributed by atoms with van der Waals surface area (Å²) in [5.74, 6) is 0.532. The first-order valence-corrected chi connectivity index (χ1v) is 10.8. The summed E-state index contributed by atoms with van der Waals surface area (Å²) in [6, 6.07) is 10.7. The summed E-state index contributed by atoms with van der Waals surface area (Å²) in [6.07, 6.45) is 2.37. The largest absolute Gasteiger partial charge is 0.492 e. The molecule has 6 heteroatoms. The predicted octanol–water partition coefficient (Wildman–Crippen LogP) is 5.16. The van der Waals surface area contributed by atoms with Gasteiger partial charge in [-0.2, -0.15) is 0 Å². The van der Waals surface area contributed by atoms with Crippen LogP contribution in [0.1, 0.15) is 38.3 Å². The van der Waals surface area contributed by atoms with Gasteiger partial charge in [-0.05, 0) is 58.5 Å². The van der Waals surface area contributed by atoms with E-state index in [9.17, 15) is 8.42 Å². The van der Waals surface area contributed by atoms with Gasteiger partial charge in [-0.15, -0.1) is 0 Å². The van der Waals surface area contributed by atoms with Crippen molar-refractivity contribution in [3.05, 3.63) is 52.0 Å². The quantitative estimate of drug-likeness (QED) is 0.634. The van der Waals surface area contributed by atoms with Crippen LogP contribution in [0, 0.1) is 0 Å². The van der Waals surface area contributed by atoms with Crippen LogP contribution in [0.2, 0.25) is 0 Å². The fourth-order valence-corrected chi connectivity index (χ4v) is 4.06. The second kappa shape index (κ2) is 8.72. The van der Waals surface area contributed by atoms with Crippen molar-refractivity contribution in [2.75, 3.05) is 11.3 Å². The van der Waals surface area contributed by atoms with Crippen molar-refractivity contribution in [3.63, 3.8) is 0 Å². The Morgan fingerprint density at radius 2 is 1.68 bits per heavy atom. The average Bonchev–Trinajstić information content (AvgIpc) is 2.60. The molecule has 0 bridgehead atoms. The monoisotopic (exact) mass is 425 g/mol. The summed E-state index contributed by atoms with van der Waals surface area (Å²) in [5, 5.41) is 0. The zero-order chi connectivity index (χ0) is 18.4. The zero-order valence-corrected chi connectivity index (χ0v) is 17.2. The first-order chi connectivity index (χ1) is 11.9. The van der Waals surface area contributed by atoms with Gasteiger partial charge < -0.3 is 4.74 Å². The standard InChI is InChI=1S/C19H24BrNO3S/c1-4-12-24-18-13-16(10-11-17(18)20)25(22,23)21-19-14(5-2)8-7-9-15(19)6-3/h7-11,13,21H,4-6,12H2,1-3H3. The molecule has 0 atom stereocenters. The Balaban J connectivity index is 2.40. The molecule has 2 aromatic rings. The smallest absolute Gasteiger partial charge is 0.262 e. The van der Waals surface area contributed by atoms with Crippen molar-refractivity contribution in [2.45, 2.75) is 44.9 Å². The molecule has 0 unspecified atom stereocenters. The van der Waals surface area contributed by atoms with Crippen molar-refractivity contribution < 1.29 is 13.2 Å². The molecule has 0 amide bonds. The summed E-state index contributed by atoms with van der Waals surface area (Å²) < 4.78 is 34.9. The number of sulfonamides is 1. The number of nitrogens with one attached hydrogen (secondary N) is 1. The van der Waals surface area contributed by atoms with Crippen LogP contribution in [0.4, 0.5) is 5.69 Å². The molecule has 0 aliphatic heterocycles. The summed E-state index contributed by atoms with van der Waals surface area (Å²) in [5.41, 5.74) is 2.66. The van der Waals surface area contributed by atoms with Gasteiger partial charge in [-0.25, -0.2) is 8.42 Å². The van der Waals surface area contributed by atoms with Crippen LogP contribution in [0.5, 0.6) is 5.75 Å². The molecular formula is C19H24BrNO3S. The van der Waals surface area contributed by atoms with Gasteiger partial charge in [0, 0.05) is 6.07 Å². The van der Waals surface area contributed by atoms with Crippen LogP contribution in [0.15, 0.2) is 45.8 Å². The van der Waals surface area contributed by atoms with E-state index in [1.165, 1.54) is 0 Å². The molecule has 0 saturated carbocycles. The Morgan fingerprint density at radius 1 is 1.04 bits per heavy atom. The van der Waals surface area contributed by atoms with E-state index in [2.05, 4.69) is 20.7 Å². The molecule has 0 fully saturated rings. The molecule has 0 radical (unpaired) electrons. The third-order valence-electron chi connectivity index (χ3n) is 3.91. The lowest BCUT2D eigenvalue weighted by molar-refractivity contribution is 0.314. The second-order valence-corrected chi connectivity index (χ2v) is 8.24. The third kappa shape index (κ3) is 4.76. The number of aryl methyl sites for hydroxylation is 2. The van der Waals surface area contributed by atoms with Gasteiger partial charge in [0.05, 0.1) is 21.7 Å². The van der Waals surface area contributed by atoms with Gasteiger partial charge in [-0.1, -0.05) is 39.0 Å². The van der Waals surface area contributed by atoms with E-state index in [1.807, 2.05) is 39.0 Å². The molecule has 0 saturated heterocycles. The Hall–Kier alpha value is -1.53. The Kier molecular flexibility index (Phi) is 6.90. The van der Waals surface area contributed by atoms with Crippen molar-refractivity contribution in [1.29, 1.82) is 0 Å². The molecule has 0 heterocycles. The van der Waals surface area contributed by atoms with Gasteiger partial charge in [0.2, 0.25) is 0 Å². The normalized spacial score (nSPS) is 11.4. The first kappa shape index (κ1) is 19.8. The minimum absolute atomic E-state index is 0.190.